The fourth-order valence-electron chi connectivity index (χ4n) is 1.93. The molecule has 1 heterocycles. The zero-order valence-corrected chi connectivity index (χ0v) is 11.7. The van der Waals surface area contributed by atoms with Crippen LogP contribution in [0.15, 0.2) is 18.2 Å². The summed E-state index contributed by atoms with van der Waals surface area (Å²) in [6, 6.07) is 4.74. The van der Waals surface area contributed by atoms with Crippen LogP contribution in [-0.2, 0) is 0 Å². The zero-order valence-electron chi connectivity index (χ0n) is 11.7. The molecule has 1 unspecified atom stereocenters. The van der Waals surface area contributed by atoms with Crippen LogP contribution in [0.5, 0.6) is 0 Å². The molecule has 4 nitrogen and oxygen atoms in total. The number of hydrogen-bond acceptors (Lipinski definition) is 3. The first kappa shape index (κ1) is 13.8. The molecule has 3 N–H and O–H groups in total. The molecule has 0 aliphatic heterocycles. The molecule has 2 rings (SSSR count). The van der Waals surface area contributed by atoms with Gasteiger partial charge in [-0.15, -0.1) is 0 Å². The van der Waals surface area contributed by atoms with E-state index in [4.69, 9.17) is 5.73 Å². The smallest absolute Gasteiger partial charge is 0.203 e. The number of rotatable bonds is 5. The van der Waals surface area contributed by atoms with Gasteiger partial charge >= 0.3 is 0 Å². The van der Waals surface area contributed by atoms with Crippen molar-refractivity contribution in [2.45, 2.75) is 26.3 Å². The lowest BCUT2D eigenvalue weighted by molar-refractivity contribution is 0.465. The van der Waals surface area contributed by atoms with E-state index in [2.05, 4.69) is 23.8 Å². The van der Waals surface area contributed by atoms with E-state index in [1.807, 2.05) is 11.9 Å². The predicted octanol–water partition coefficient (Wildman–Crippen LogP) is 2.51. The number of imidazole rings is 1. The fraction of sp³-hybridized carbons (Fsp3) is 0.500. The van der Waals surface area contributed by atoms with Gasteiger partial charge in [-0.3, -0.25) is 0 Å². The number of nitrogens with zero attached hydrogens (tertiary/aromatic N) is 2. The summed E-state index contributed by atoms with van der Waals surface area (Å²) < 4.78 is 13.1. The van der Waals surface area contributed by atoms with Gasteiger partial charge in [0.1, 0.15) is 5.82 Å². The molecule has 0 bridgehead atoms. The van der Waals surface area contributed by atoms with Gasteiger partial charge in [-0.05, 0) is 30.5 Å². The maximum atomic E-state index is 13.1. The van der Waals surface area contributed by atoms with Crippen molar-refractivity contribution in [2.75, 3.05) is 18.5 Å². The highest BCUT2D eigenvalue weighted by Crippen LogP contribution is 2.18. The van der Waals surface area contributed by atoms with E-state index in [-0.39, 0.29) is 11.9 Å². The van der Waals surface area contributed by atoms with Gasteiger partial charge in [0.25, 0.3) is 0 Å². The molecule has 0 amide bonds. The number of benzene rings is 1. The Morgan fingerprint density at radius 1 is 1.42 bits per heavy atom. The number of H-pyrrole nitrogens is 1. The lowest BCUT2D eigenvalue weighted by atomic mass is 10.0. The van der Waals surface area contributed by atoms with Gasteiger partial charge in [-0.25, -0.2) is 9.37 Å². The van der Waals surface area contributed by atoms with Gasteiger partial charge in [-0.1, -0.05) is 13.8 Å². The minimum Gasteiger partial charge on any atom is -0.345 e. The van der Waals surface area contributed by atoms with Gasteiger partial charge in [0.15, 0.2) is 0 Å². The van der Waals surface area contributed by atoms with Crippen LogP contribution in [0.4, 0.5) is 10.3 Å². The Kier molecular flexibility index (Phi) is 4.04. The highest BCUT2D eigenvalue weighted by Gasteiger charge is 2.12. The van der Waals surface area contributed by atoms with E-state index in [1.165, 1.54) is 12.1 Å². The molecule has 0 saturated carbocycles. The summed E-state index contributed by atoms with van der Waals surface area (Å²) in [6.07, 6.45) is 0.902. The van der Waals surface area contributed by atoms with Gasteiger partial charge in [0, 0.05) is 19.6 Å². The molecular weight excluding hydrogens is 243 g/mol. The minimum atomic E-state index is -0.257. The van der Waals surface area contributed by atoms with Crippen molar-refractivity contribution in [2.24, 2.45) is 11.7 Å². The van der Waals surface area contributed by atoms with E-state index in [0.29, 0.717) is 5.92 Å². The Hall–Kier alpha value is -1.62. The Labute approximate surface area is 112 Å². The number of nitrogens with two attached hydrogens (primary N) is 1. The fourth-order valence-corrected chi connectivity index (χ4v) is 1.93. The summed E-state index contributed by atoms with van der Waals surface area (Å²) in [6.45, 7) is 5.06. The molecule has 5 heteroatoms. The number of halogens is 1. The van der Waals surface area contributed by atoms with Crippen molar-refractivity contribution in [1.29, 1.82) is 0 Å². The van der Waals surface area contributed by atoms with Crippen molar-refractivity contribution >= 4 is 17.0 Å². The predicted molar refractivity (Wildman–Crippen MR) is 76.8 cm³/mol. The van der Waals surface area contributed by atoms with Crippen LogP contribution in [-0.4, -0.2) is 29.6 Å². The number of anilines is 1. The highest BCUT2D eigenvalue weighted by molar-refractivity contribution is 5.77. The second kappa shape index (κ2) is 5.57. The monoisotopic (exact) mass is 264 g/mol. The van der Waals surface area contributed by atoms with E-state index < -0.39 is 0 Å². The van der Waals surface area contributed by atoms with Crippen LogP contribution in [0.3, 0.4) is 0 Å². The maximum Gasteiger partial charge on any atom is 0.203 e. The van der Waals surface area contributed by atoms with Gasteiger partial charge < -0.3 is 15.6 Å². The first-order valence-electron chi connectivity index (χ1n) is 6.59. The van der Waals surface area contributed by atoms with Crippen LogP contribution in [0.1, 0.15) is 20.3 Å². The largest absolute Gasteiger partial charge is 0.345 e. The van der Waals surface area contributed by atoms with Gasteiger partial charge in [0.2, 0.25) is 5.95 Å². The van der Waals surface area contributed by atoms with Crippen molar-refractivity contribution in [3.63, 3.8) is 0 Å². The lowest BCUT2D eigenvalue weighted by Crippen LogP contribution is -2.32. The SMILES string of the molecule is CC(C)C(N)CCN(C)c1nc2ccc(F)cc2[nH]1. The van der Waals surface area contributed by atoms with E-state index in [1.54, 1.807) is 6.07 Å². The third kappa shape index (κ3) is 3.23. The number of nitrogens with one attached hydrogen (secondary N) is 1. The lowest BCUT2D eigenvalue weighted by Gasteiger charge is -2.20. The molecule has 0 radical (unpaired) electrons. The second-order valence-electron chi connectivity index (χ2n) is 5.34. The number of aromatic nitrogens is 2. The Morgan fingerprint density at radius 3 is 2.84 bits per heavy atom. The molecule has 0 saturated heterocycles. The average molecular weight is 264 g/mol. The molecule has 0 aliphatic rings. The molecule has 1 atom stereocenters. The van der Waals surface area contributed by atoms with Crippen LogP contribution < -0.4 is 10.6 Å². The molecule has 0 spiro atoms. The summed E-state index contributed by atoms with van der Waals surface area (Å²) in [7, 11) is 1.96. The molecule has 19 heavy (non-hydrogen) atoms. The second-order valence-corrected chi connectivity index (χ2v) is 5.34. The van der Waals surface area contributed by atoms with Gasteiger partial charge in [-0.2, -0.15) is 0 Å². The molecule has 0 fully saturated rings. The normalized spacial score (nSPS) is 13.2. The quantitative estimate of drug-likeness (QED) is 0.872. The van der Waals surface area contributed by atoms with E-state index in [0.717, 1.165) is 29.9 Å². The third-order valence-electron chi connectivity index (χ3n) is 3.45. The van der Waals surface area contributed by atoms with Crippen LogP contribution in [0, 0.1) is 11.7 Å². The summed E-state index contributed by atoms with van der Waals surface area (Å²) in [5.74, 6) is 0.960. The van der Waals surface area contributed by atoms with Crippen molar-refractivity contribution in [3.05, 3.63) is 24.0 Å². The van der Waals surface area contributed by atoms with Crippen molar-refractivity contribution in [1.82, 2.24) is 9.97 Å². The van der Waals surface area contributed by atoms with Crippen molar-refractivity contribution in [3.8, 4) is 0 Å². The topological polar surface area (TPSA) is 57.9 Å². The summed E-state index contributed by atoms with van der Waals surface area (Å²) in [5.41, 5.74) is 7.52. The molecule has 1 aromatic carbocycles. The summed E-state index contributed by atoms with van der Waals surface area (Å²) in [5, 5.41) is 0. The Balaban J connectivity index is 2.07. The first-order valence-corrected chi connectivity index (χ1v) is 6.59. The highest BCUT2D eigenvalue weighted by atomic mass is 19.1. The first-order chi connectivity index (χ1) is 8.97. The molecule has 2 aromatic rings. The number of fused-ring (bicyclic) bond motifs is 1. The molecular formula is C14H21FN4. The average Bonchev–Trinajstić information content (AvgIpc) is 2.78. The number of aromatic amines is 1. The third-order valence-corrected chi connectivity index (χ3v) is 3.45. The zero-order chi connectivity index (χ0) is 14.0. The summed E-state index contributed by atoms with van der Waals surface area (Å²) >= 11 is 0. The van der Waals surface area contributed by atoms with E-state index >= 15 is 0 Å². The molecule has 104 valence electrons. The molecule has 1 aromatic heterocycles. The van der Waals surface area contributed by atoms with Crippen LogP contribution in [0.2, 0.25) is 0 Å². The minimum absolute atomic E-state index is 0.185. The van der Waals surface area contributed by atoms with Crippen LogP contribution >= 0.6 is 0 Å². The van der Waals surface area contributed by atoms with E-state index in [9.17, 15) is 4.39 Å². The Morgan fingerprint density at radius 2 is 2.16 bits per heavy atom. The van der Waals surface area contributed by atoms with Crippen molar-refractivity contribution < 1.29 is 4.39 Å². The standard InChI is InChI=1S/C14H21FN4/c1-9(2)11(16)6-7-19(3)14-17-12-5-4-10(15)8-13(12)18-14/h4-5,8-9,11H,6-7,16H2,1-3H3,(H,17,18). The van der Waals surface area contributed by atoms with Gasteiger partial charge in [0.05, 0.1) is 11.0 Å². The maximum absolute atomic E-state index is 13.1. The number of hydrogen-bond donors (Lipinski definition) is 2. The van der Waals surface area contributed by atoms with Crippen LogP contribution in [0.25, 0.3) is 11.0 Å². The Bertz CT molecular complexity index is 549. The molecule has 0 aliphatic carbocycles. The summed E-state index contributed by atoms with van der Waals surface area (Å²) in [4.78, 5) is 9.58.